The second kappa shape index (κ2) is 7.94. The predicted octanol–water partition coefficient (Wildman–Crippen LogP) is 2.67. The Morgan fingerprint density at radius 2 is 2.11 bits per heavy atom. The van der Waals surface area contributed by atoms with Crippen LogP contribution in [0.1, 0.15) is 26.7 Å². The minimum absolute atomic E-state index is 0.0533. The first-order chi connectivity index (χ1) is 9.10. The van der Waals surface area contributed by atoms with E-state index in [4.69, 9.17) is 10.5 Å². The van der Waals surface area contributed by atoms with E-state index in [0.29, 0.717) is 17.2 Å². The van der Waals surface area contributed by atoms with Gasteiger partial charge in [-0.15, -0.1) is 11.8 Å². The number of nitrogens with one attached hydrogen (secondary N) is 1. The highest BCUT2D eigenvalue weighted by molar-refractivity contribution is 8.00. The fraction of sp³-hybridized carbons (Fsp3) is 0.500. The largest absolute Gasteiger partial charge is 0.496 e. The molecule has 0 aromatic heterocycles. The van der Waals surface area contributed by atoms with E-state index in [1.807, 2.05) is 12.1 Å². The van der Waals surface area contributed by atoms with E-state index in [1.54, 1.807) is 13.2 Å². The van der Waals surface area contributed by atoms with Crippen molar-refractivity contribution in [3.05, 3.63) is 18.2 Å². The van der Waals surface area contributed by atoms with Gasteiger partial charge in [0.25, 0.3) is 0 Å². The summed E-state index contributed by atoms with van der Waals surface area (Å²) >= 11 is 1.46. The quantitative estimate of drug-likeness (QED) is 0.596. The van der Waals surface area contributed by atoms with Gasteiger partial charge in [-0.05, 0) is 25.0 Å². The number of hydrogen-bond acceptors (Lipinski definition) is 4. The van der Waals surface area contributed by atoms with Crippen LogP contribution in [0.2, 0.25) is 0 Å². The van der Waals surface area contributed by atoms with Crippen molar-refractivity contribution in [3.8, 4) is 5.75 Å². The van der Waals surface area contributed by atoms with E-state index in [1.165, 1.54) is 11.8 Å². The van der Waals surface area contributed by atoms with Gasteiger partial charge in [-0.25, -0.2) is 0 Å². The van der Waals surface area contributed by atoms with E-state index < -0.39 is 0 Å². The van der Waals surface area contributed by atoms with Gasteiger partial charge < -0.3 is 15.8 Å². The number of ether oxygens (including phenoxy) is 1. The van der Waals surface area contributed by atoms with Crippen molar-refractivity contribution < 1.29 is 9.53 Å². The van der Waals surface area contributed by atoms with Crippen molar-refractivity contribution in [1.82, 2.24) is 5.32 Å². The molecule has 0 spiro atoms. The Bertz CT molecular complexity index is 420. The van der Waals surface area contributed by atoms with Crippen LogP contribution in [0.5, 0.6) is 5.75 Å². The molecule has 0 aliphatic rings. The van der Waals surface area contributed by atoms with E-state index in [0.717, 1.165) is 17.7 Å². The molecule has 0 radical (unpaired) electrons. The highest BCUT2D eigenvalue weighted by Crippen LogP contribution is 2.30. The van der Waals surface area contributed by atoms with Crippen LogP contribution < -0.4 is 15.8 Å². The van der Waals surface area contributed by atoms with Crippen molar-refractivity contribution in [1.29, 1.82) is 0 Å². The lowest BCUT2D eigenvalue weighted by Crippen LogP contribution is -2.34. The molecule has 0 atom stereocenters. The molecule has 0 fully saturated rings. The highest BCUT2D eigenvalue weighted by atomic mass is 32.2. The monoisotopic (exact) mass is 282 g/mol. The van der Waals surface area contributed by atoms with Crippen molar-refractivity contribution >= 4 is 23.4 Å². The molecule has 1 aromatic rings. The van der Waals surface area contributed by atoms with Crippen molar-refractivity contribution in [2.24, 2.45) is 0 Å². The lowest BCUT2D eigenvalue weighted by atomic mass is 10.2. The summed E-state index contributed by atoms with van der Waals surface area (Å²) in [5.41, 5.74) is 6.35. The maximum Gasteiger partial charge on any atom is 0.230 e. The molecule has 0 bridgehead atoms. The van der Waals surface area contributed by atoms with E-state index in [2.05, 4.69) is 19.2 Å². The minimum Gasteiger partial charge on any atom is -0.496 e. The third kappa shape index (κ3) is 5.03. The molecule has 1 amide bonds. The molecule has 5 heteroatoms. The molecule has 0 saturated heterocycles. The summed E-state index contributed by atoms with van der Waals surface area (Å²) in [5.74, 6) is 1.15. The minimum atomic E-state index is 0.0533. The Labute approximate surface area is 119 Å². The SMILES string of the molecule is CCC(CC)NC(=O)CSc1ccc(N)cc1OC. The Kier molecular flexibility index (Phi) is 6.56. The van der Waals surface area contributed by atoms with Crippen LogP contribution in [0.25, 0.3) is 0 Å². The van der Waals surface area contributed by atoms with E-state index >= 15 is 0 Å². The second-order valence-corrected chi connectivity index (χ2v) is 5.30. The van der Waals surface area contributed by atoms with Crippen LogP contribution in [-0.2, 0) is 4.79 Å². The van der Waals surface area contributed by atoms with Gasteiger partial charge in [0.1, 0.15) is 5.75 Å². The molecule has 1 rings (SSSR count). The summed E-state index contributed by atoms with van der Waals surface area (Å²) in [7, 11) is 1.60. The number of rotatable bonds is 7. The molecule has 0 unspecified atom stereocenters. The van der Waals surface area contributed by atoms with Crippen LogP contribution in [0.4, 0.5) is 5.69 Å². The summed E-state index contributed by atoms with van der Waals surface area (Å²) in [6.07, 6.45) is 1.91. The Morgan fingerprint density at radius 1 is 1.42 bits per heavy atom. The molecular weight excluding hydrogens is 260 g/mol. The number of thioether (sulfide) groups is 1. The van der Waals surface area contributed by atoms with E-state index in [9.17, 15) is 4.79 Å². The zero-order valence-electron chi connectivity index (χ0n) is 11.7. The van der Waals surface area contributed by atoms with Gasteiger partial charge >= 0.3 is 0 Å². The third-order valence-electron chi connectivity index (χ3n) is 2.90. The Morgan fingerprint density at radius 3 is 2.68 bits per heavy atom. The van der Waals surface area contributed by atoms with Gasteiger partial charge in [0.15, 0.2) is 0 Å². The smallest absolute Gasteiger partial charge is 0.230 e. The van der Waals surface area contributed by atoms with Crippen LogP contribution in [0.15, 0.2) is 23.1 Å². The van der Waals surface area contributed by atoms with Gasteiger partial charge in [-0.2, -0.15) is 0 Å². The Balaban J connectivity index is 2.54. The maximum absolute atomic E-state index is 11.8. The third-order valence-corrected chi connectivity index (χ3v) is 3.95. The molecule has 19 heavy (non-hydrogen) atoms. The Hall–Kier alpha value is -1.36. The molecule has 106 valence electrons. The average Bonchev–Trinajstić information content (AvgIpc) is 2.43. The molecule has 1 aromatic carbocycles. The summed E-state index contributed by atoms with van der Waals surface area (Å²) in [6, 6.07) is 5.72. The van der Waals surface area contributed by atoms with E-state index in [-0.39, 0.29) is 11.9 Å². The number of carbonyl (C=O) groups is 1. The number of methoxy groups -OCH3 is 1. The standard InChI is InChI=1S/C14H22N2O2S/c1-4-11(5-2)16-14(17)9-19-13-7-6-10(15)8-12(13)18-3/h6-8,11H,4-5,9,15H2,1-3H3,(H,16,17). The first kappa shape index (κ1) is 15.7. The topological polar surface area (TPSA) is 64.4 Å². The van der Waals surface area contributed by atoms with Gasteiger partial charge in [0.2, 0.25) is 5.91 Å². The number of amides is 1. The molecule has 3 N–H and O–H groups in total. The van der Waals surface area contributed by atoms with Gasteiger partial charge in [0.05, 0.1) is 12.9 Å². The normalized spacial score (nSPS) is 10.5. The molecular formula is C14H22N2O2S. The molecule has 4 nitrogen and oxygen atoms in total. The molecule has 0 aliphatic heterocycles. The predicted molar refractivity (Wildman–Crippen MR) is 80.6 cm³/mol. The summed E-state index contributed by atoms with van der Waals surface area (Å²) in [5, 5.41) is 3.01. The summed E-state index contributed by atoms with van der Waals surface area (Å²) < 4.78 is 5.25. The zero-order valence-corrected chi connectivity index (χ0v) is 12.5. The van der Waals surface area contributed by atoms with Crippen molar-refractivity contribution in [2.45, 2.75) is 37.6 Å². The fourth-order valence-electron chi connectivity index (χ4n) is 1.71. The van der Waals surface area contributed by atoms with Crippen LogP contribution >= 0.6 is 11.8 Å². The van der Waals surface area contributed by atoms with Crippen LogP contribution in [-0.4, -0.2) is 24.8 Å². The van der Waals surface area contributed by atoms with Gasteiger partial charge in [-0.3, -0.25) is 4.79 Å². The summed E-state index contributed by atoms with van der Waals surface area (Å²) in [4.78, 5) is 12.7. The lowest BCUT2D eigenvalue weighted by Gasteiger charge is -2.15. The second-order valence-electron chi connectivity index (χ2n) is 4.28. The summed E-state index contributed by atoms with van der Waals surface area (Å²) in [6.45, 7) is 4.15. The van der Waals surface area contributed by atoms with Crippen LogP contribution in [0, 0.1) is 0 Å². The van der Waals surface area contributed by atoms with Crippen LogP contribution in [0.3, 0.4) is 0 Å². The molecule has 0 heterocycles. The highest BCUT2D eigenvalue weighted by Gasteiger charge is 2.10. The zero-order chi connectivity index (χ0) is 14.3. The number of hydrogen-bond donors (Lipinski definition) is 2. The lowest BCUT2D eigenvalue weighted by molar-refractivity contribution is -0.119. The first-order valence-electron chi connectivity index (χ1n) is 6.46. The average molecular weight is 282 g/mol. The number of anilines is 1. The molecule has 0 aliphatic carbocycles. The van der Waals surface area contributed by atoms with Gasteiger partial charge in [0, 0.05) is 22.7 Å². The first-order valence-corrected chi connectivity index (χ1v) is 7.44. The fourth-order valence-corrected chi connectivity index (χ4v) is 2.53. The van der Waals surface area contributed by atoms with Crippen molar-refractivity contribution in [2.75, 3.05) is 18.6 Å². The number of benzene rings is 1. The number of carbonyl (C=O) groups excluding carboxylic acids is 1. The number of nitrogen functional groups attached to an aromatic ring is 1. The molecule has 0 saturated carbocycles. The number of nitrogens with two attached hydrogens (primary N) is 1. The van der Waals surface area contributed by atoms with Crippen molar-refractivity contribution in [3.63, 3.8) is 0 Å². The maximum atomic E-state index is 11.8. The van der Waals surface area contributed by atoms with Gasteiger partial charge in [-0.1, -0.05) is 13.8 Å².